The Hall–Kier alpha value is -3.33. The summed E-state index contributed by atoms with van der Waals surface area (Å²) < 4.78 is 5.21. The van der Waals surface area contributed by atoms with Gasteiger partial charge in [0.2, 0.25) is 0 Å². The number of ether oxygens (including phenoxy) is 1. The number of anilines is 2. The molecule has 0 bridgehead atoms. The summed E-state index contributed by atoms with van der Waals surface area (Å²) in [6, 6.07) is 15.5. The predicted molar refractivity (Wildman–Crippen MR) is 90.7 cm³/mol. The van der Waals surface area contributed by atoms with Gasteiger partial charge in [0.15, 0.2) is 6.10 Å². The number of esters is 1. The molecule has 1 amide bonds. The summed E-state index contributed by atoms with van der Waals surface area (Å²) in [5.74, 6) is -1.11. The van der Waals surface area contributed by atoms with Gasteiger partial charge in [-0.3, -0.25) is 4.79 Å². The number of amides is 1. The van der Waals surface area contributed by atoms with Gasteiger partial charge in [-0.05, 0) is 31.2 Å². The molecule has 2 aromatic carbocycles. The maximum atomic E-state index is 12.2. The topological polar surface area (TPSA) is 91.2 Å². The third-order valence-electron chi connectivity index (χ3n) is 3.37. The molecule has 2 aromatic rings. The van der Waals surface area contributed by atoms with Gasteiger partial charge in [0.1, 0.15) is 6.07 Å². The lowest BCUT2D eigenvalue weighted by molar-refractivity contribution is -0.123. The minimum absolute atomic E-state index is 0.338. The molecule has 1 atom stereocenters. The molecule has 6 heteroatoms. The average Bonchev–Trinajstić information content (AvgIpc) is 2.61. The first-order valence-corrected chi connectivity index (χ1v) is 7.34. The van der Waals surface area contributed by atoms with Gasteiger partial charge in [0, 0.05) is 12.7 Å². The third kappa shape index (κ3) is 3.90. The van der Waals surface area contributed by atoms with Crippen LogP contribution in [0.25, 0.3) is 0 Å². The second-order valence-electron chi connectivity index (χ2n) is 4.99. The van der Waals surface area contributed by atoms with Crippen LogP contribution in [-0.4, -0.2) is 25.0 Å². The fourth-order valence-corrected chi connectivity index (χ4v) is 2.08. The van der Waals surface area contributed by atoms with Crippen LogP contribution in [0.5, 0.6) is 0 Å². The summed E-state index contributed by atoms with van der Waals surface area (Å²) in [6.07, 6.45) is -1.01. The van der Waals surface area contributed by atoms with E-state index in [1.165, 1.54) is 6.92 Å². The van der Waals surface area contributed by atoms with E-state index in [-0.39, 0.29) is 0 Å². The first-order valence-electron chi connectivity index (χ1n) is 7.34. The Morgan fingerprint density at radius 2 is 1.71 bits per heavy atom. The zero-order valence-electron chi connectivity index (χ0n) is 13.4. The van der Waals surface area contributed by atoms with Crippen molar-refractivity contribution in [2.75, 3.05) is 17.7 Å². The molecule has 122 valence electrons. The number of nitriles is 1. The Kier molecular flexibility index (Phi) is 5.53. The maximum Gasteiger partial charge on any atom is 0.341 e. The molecule has 0 aliphatic rings. The standard InChI is InChI=1S/C18H17N3O3/c1-12(17(22)21-15-9-5-3-7-13(15)11-19)24-18(23)14-8-4-6-10-16(14)20-2/h3-10,12,20H,1-2H3,(H,21,22)/t12-/m1/s1. The van der Waals surface area contributed by atoms with Crippen molar-refractivity contribution in [2.45, 2.75) is 13.0 Å². The van der Waals surface area contributed by atoms with E-state index >= 15 is 0 Å². The molecule has 0 fully saturated rings. The third-order valence-corrected chi connectivity index (χ3v) is 3.37. The van der Waals surface area contributed by atoms with Gasteiger partial charge in [0.25, 0.3) is 5.91 Å². The summed E-state index contributed by atoms with van der Waals surface area (Å²) in [5.41, 5.74) is 1.68. The highest BCUT2D eigenvalue weighted by molar-refractivity contribution is 6.00. The summed E-state index contributed by atoms with van der Waals surface area (Å²) in [5, 5.41) is 14.5. The molecule has 0 spiro atoms. The predicted octanol–water partition coefficient (Wildman–Crippen LogP) is 2.78. The SMILES string of the molecule is CNc1ccccc1C(=O)O[C@H](C)C(=O)Nc1ccccc1C#N. The minimum Gasteiger partial charge on any atom is -0.449 e. The highest BCUT2D eigenvalue weighted by Crippen LogP contribution is 2.17. The number of benzene rings is 2. The Balaban J connectivity index is 2.06. The Morgan fingerprint density at radius 1 is 1.08 bits per heavy atom. The van der Waals surface area contributed by atoms with Crippen LogP contribution in [0.1, 0.15) is 22.8 Å². The zero-order valence-corrected chi connectivity index (χ0v) is 13.4. The second kappa shape index (κ2) is 7.79. The molecule has 2 N–H and O–H groups in total. The Labute approximate surface area is 140 Å². The van der Waals surface area contributed by atoms with Crippen LogP contribution in [0, 0.1) is 11.3 Å². The summed E-state index contributed by atoms with van der Waals surface area (Å²) in [4.78, 5) is 24.4. The molecular weight excluding hydrogens is 306 g/mol. The first-order chi connectivity index (χ1) is 11.6. The molecule has 0 unspecified atom stereocenters. The number of rotatable bonds is 5. The van der Waals surface area contributed by atoms with E-state index in [9.17, 15) is 9.59 Å². The summed E-state index contributed by atoms with van der Waals surface area (Å²) in [7, 11) is 1.70. The lowest BCUT2D eigenvalue weighted by Gasteiger charge is -2.15. The fourth-order valence-electron chi connectivity index (χ4n) is 2.08. The molecule has 0 aliphatic heterocycles. The quantitative estimate of drug-likeness (QED) is 0.826. The van der Waals surface area contributed by atoms with Crippen molar-refractivity contribution in [1.29, 1.82) is 5.26 Å². The van der Waals surface area contributed by atoms with Gasteiger partial charge in [0.05, 0.1) is 16.8 Å². The average molecular weight is 323 g/mol. The van der Waals surface area contributed by atoms with E-state index in [2.05, 4.69) is 10.6 Å². The molecule has 0 aromatic heterocycles. The monoisotopic (exact) mass is 323 g/mol. The van der Waals surface area contributed by atoms with Gasteiger partial charge in [-0.2, -0.15) is 5.26 Å². The Morgan fingerprint density at radius 3 is 2.38 bits per heavy atom. The number of hydrogen-bond acceptors (Lipinski definition) is 5. The highest BCUT2D eigenvalue weighted by Gasteiger charge is 2.21. The van der Waals surface area contributed by atoms with Crippen molar-refractivity contribution >= 4 is 23.3 Å². The van der Waals surface area contributed by atoms with Crippen LogP contribution in [-0.2, 0) is 9.53 Å². The molecular formula is C18H17N3O3. The first kappa shape index (κ1) is 17.0. The van der Waals surface area contributed by atoms with Gasteiger partial charge < -0.3 is 15.4 Å². The largest absolute Gasteiger partial charge is 0.449 e. The van der Waals surface area contributed by atoms with Crippen LogP contribution in [0.2, 0.25) is 0 Å². The van der Waals surface area contributed by atoms with E-state index in [1.807, 2.05) is 6.07 Å². The number of nitrogens with zero attached hydrogens (tertiary/aromatic N) is 1. The van der Waals surface area contributed by atoms with Crippen LogP contribution in [0.15, 0.2) is 48.5 Å². The van der Waals surface area contributed by atoms with E-state index in [0.29, 0.717) is 22.5 Å². The lowest BCUT2D eigenvalue weighted by Crippen LogP contribution is -2.30. The van der Waals surface area contributed by atoms with E-state index in [1.54, 1.807) is 55.6 Å². The smallest absolute Gasteiger partial charge is 0.341 e. The second-order valence-corrected chi connectivity index (χ2v) is 4.99. The lowest BCUT2D eigenvalue weighted by atomic mass is 10.1. The molecule has 6 nitrogen and oxygen atoms in total. The van der Waals surface area contributed by atoms with Gasteiger partial charge in [-0.1, -0.05) is 24.3 Å². The van der Waals surface area contributed by atoms with Crippen molar-refractivity contribution in [3.05, 3.63) is 59.7 Å². The summed E-state index contributed by atoms with van der Waals surface area (Å²) in [6.45, 7) is 1.48. The number of carbonyl (C=O) groups excluding carboxylic acids is 2. The van der Waals surface area contributed by atoms with Gasteiger partial charge in [-0.25, -0.2) is 4.79 Å². The normalized spacial score (nSPS) is 11.0. The molecule has 2 rings (SSSR count). The number of carbonyl (C=O) groups is 2. The molecule has 0 heterocycles. The molecule has 0 saturated carbocycles. The number of nitrogens with one attached hydrogen (secondary N) is 2. The molecule has 24 heavy (non-hydrogen) atoms. The summed E-state index contributed by atoms with van der Waals surface area (Å²) >= 11 is 0. The minimum atomic E-state index is -1.01. The van der Waals surface area contributed by atoms with Crippen molar-refractivity contribution in [2.24, 2.45) is 0 Å². The van der Waals surface area contributed by atoms with Crippen LogP contribution >= 0.6 is 0 Å². The van der Waals surface area contributed by atoms with Crippen LogP contribution in [0.3, 0.4) is 0 Å². The number of hydrogen-bond donors (Lipinski definition) is 2. The van der Waals surface area contributed by atoms with Crippen molar-refractivity contribution in [1.82, 2.24) is 0 Å². The van der Waals surface area contributed by atoms with E-state index in [0.717, 1.165) is 0 Å². The maximum absolute atomic E-state index is 12.2. The fraction of sp³-hybridized carbons (Fsp3) is 0.167. The molecule has 0 saturated heterocycles. The van der Waals surface area contributed by atoms with Crippen LogP contribution in [0.4, 0.5) is 11.4 Å². The zero-order chi connectivity index (χ0) is 17.5. The molecule has 0 radical (unpaired) electrons. The van der Waals surface area contributed by atoms with Crippen LogP contribution < -0.4 is 10.6 Å². The van der Waals surface area contributed by atoms with Crippen molar-refractivity contribution < 1.29 is 14.3 Å². The highest BCUT2D eigenvalue weighted by atomic mass is 16.5. The van der Waals surface area contributed by atoms with Crippen molar-refractivity contribution in [3.63, 3.8) is 0 Å². The van der Waals surface area contributed by atoms with Gasteiger partial charge in [-0.15, -0.1) is 0 Å². The number of para-hydroxylation sites is 2. The van der Waals surface area contributed by atoms with E-state index in [4.69, 9.17) is 10.00 Å². The molecule has 0 aliphatic carbocycles. The van der Waals surface area contributed by atoms with E-state index < -0.39 is 18.0 Å². The van der Waals surface area contributed by atoms with Gasteiger partial charge >= 0.3 is 5.97 Å². The Bertz CT molecular complexity index is 796. The van der Waals surface area contributed by atoms with Crippen molar-refractivity contribution in [3.8, 4) is 6.07 Å².